The Morgan fingerprint density at radius 3 is 2.78 bits per heavy atom. The molecule has 0 aromatic carbocycles. The molecule has 0 spiro atoms. The first kappa shape index (κ1) is 14.6. The summed E-state index contributed by atoms with van der Waals surface area (Å²) in [4.78, 5) is 18.2. The summed E-state index contributed by atoms with van der Waals surface area (Å²) in [6.45, 7) is 5.27. The molecule has 100 valence electrons. The van der Waals surface area contributed by atoms with Crippen molar-refractivity contribution in [3.8, 4) is 0 Å². The third-order valence-electron chi connectivity index (χ3n) is 2.96. The minimum absolute atomic E-state index is 0.0246. The Kier molecular flexibility index (Phi) is 6.36. The van der Waals surface area contributed by atoms with Gasteiger partial charge in [-0.2, -0.15) is 0 Å². The first-order chi connectivity index (χ1) is 8.69. The maximum Gasteiger partial charge on any atom is 0.239 e. The van der Waals surface area contributed by atoms with Gasteiger partial charge in [0, 0.05) is 12.7 Å². The molecule has 1 rings (SSSR count). The van der Waals surface area contributed by atoms with Crippen molar-refractivity contribution in [2.75, 3.05) is 6.54 Å². The standard InChI is InChI=1S/C14H23N3O/c1-3-5-9-13(15)14(18)17(4-2)11-12-8-6-7-10-16-12/h6-8,10,13H,3-5,9,11,15H2,1-2H3. The molecule has 2 N–H and O–H groups in total. The zero-order valence-corrected chi connectivity index (χ0v) is 11.3. The summed E-state index contributed by atoms with van der Waals surface area (Å²) in [6.07, 6.45) is 4.56. The molecule has 0 saturated heterocycles. The van der Waals surface area contributed by atoms with Crippen LogP contribution in [-0.2, 0) is 11.3 Å². The molecule has 4 nitrogen and oxygen atoms in total. The van der Waals surface area contributed by atoms with Crippen LogP contribution in [0.3, 0.4) is 0 Å². The van der Waals surface area contributed by atoms with Gasteiger partial charge in [0.1, 0.15) is 0 Å². The highest BCUT2D eigenvalue weighted by molar-refractivity contribution is 5.81. The fourth-order valence-corrected chi connectivity index (χ4v) is 1.81. The molecule has 18 heavy (non-hydrogen) atoms. The molecule has 1 unspecified atom stereocenters. The highest BCUT2D eigenvalue weighted by atomic mass is 16.2. The number of unbranched alkanes of at least 4 members (excludes halogenated alkanes) is 1. The summed E-state index contributed by atoms with van der Waals surface area (Å²) in [5.41, 5.74) is 6.82. The smallest absolute Gasteiger partial charge is 0.239 e. The molecule has 1 aromatic rings. The first-order valence-electron chi connectivity index (χ1n) is 6.63. The normalized spacial score (nSPS) is 12.2. The van der Waals surface area contributed by atoms with Gasteiger partial charge in [0.2, 0.25) is 5.91 Å². The Bertz CT molecular complexity index is 353. The van der Waals surface area contributed by atoms with Gasteiger partial charge in [0.25, 0.3) is 0 Å². The minimum Gasteiger partial charge on any atom is -0.336 e. The average Bonchev–Trinajstić information content (AvgIpc) is 2.42. The number of hydrogen-bond acceptors (Lipinski definition) is 3. The van der Waals surface area contributed by atoms with Crippen LogP contribution in [-0.4, -0.2) is 28.4 Å². The molecule has 0 aliphatic rings. The van der Waals surface area contributed by atoms with Crippen molar-refractivity contribution in [3.63, 3.8) is 0 Å². The number of likely N-dealkylation sites (N-methyl/N-ethyl adjacent to an activating group) is 1. The molecule has 1 amide bonds. The van der Waals surface area contributed by atoms with E-state index < -0.39 is 0 Å². The zero-order chi connectivity index (χ0) is 13.4. The Morgan fingerprint density at radius 2 is 2.22 bits per heavy atom. The molecule has 0 saturated carbocycles. The monoisotopic (exact) mass is 249 g/mol. The average molecular weight is 249 g/mol. The van der Waals surface area contributed by atoms with Gasteiger partial charge in [-0.15, -0.1) is 0 Å². The molecule has 0 fully saturated rings. The Labute approximate surface area is 109 Å². The van der Waals surface area contributed by atoms with Crippen LogP contribution in [0.5, 0.6) is 0 Å². The highest BCUT2D eigenvalue weighted by Gasteiger charge is 2.19. The third kappa shape index (κ3) is 4.45. The van der Waals surface area contributed by atoms with E-state index in [0.29, 0.717) is 13.1 Å². The summed E-state index contributed by atoms with van der Waals surface area (Å²) in [5, 5.41) is 0. The summed E-state index contributed by atoms with van der Waals surface area (Å²) < 4.78 is 0. The van der Waals surface area contributed by atoms with Crippen LogP contribution in [0.1, 0.15) is 38.8 Å². The van der Waals surface area contributed by atoms with Crippen molar-refractivity contribution in [2.24, 2.45) is 5.73 Å². The van der Waals surface area contributed by atoms with E-state index in [9.17, 15) is 4.79 Å². The van der Waals surface area contributed by atoms with Crippen LogP contribution in [0.25, 0.3) is 0 Å². The number of hydrogen-bond donors (Lipinski definition) is 1. The van der Waals surface area contributed by atoms with E-state index in [0.717, 1.165) is 25.0 Å². The first-order valence-corrected chi connectivity index (χ1v) is 6.63. The van der Waals surface area contributed by atoms with Crippen molar-refractivity contribution >= 4 is 5.91 Å². The fraction of sp³-hybridized carbons (Fsp3) is 0.571. The Morgan fingerprint density at radius 1 is 1.44 bits per heavy atom. The van der Waals surface area contributed by atoms with Crippen LogP contribution in [0.4, 0.5) is 0 Å². The maximum atomic E-state index is 12.2. The van der Waals surface area contributed by atoms with Gasteiger partial charge < -0.3 is 10.6 Å². The lowest BCUT2D eigenvalue weighted by atomic mass is 10.1. The van der Waals surface area contributed by atoms with Crippen molar-refractivity contribution in [3.05, 3.63) is 30.1 Å². The molecule has 1 aromatic heterocycles. The van der Waals surface area contributed by atoms with E-state index in [1.54, 1.807) is 11.1 Å². The summed E-state index contributed by atoms with van der Waals surface area (Å²) >= 11 is 0. The topological polar surface area (TPSA) is 59.2 Å². The van der Waals surface area contributed by atoms with Crippen molar-refractivity contribution in [2.45, 2.75) is 45.7 Å². The van der Waals surface area contributed by atoms with Crippen molar-refractivity contribution in [1.82, 2.24) is 9.88 Å². The fourth-order valence-electron chi connectivity index (χ4n) is 1.81. The lowest BCUT2D eigenvalue weighted by Gasteiger charge is -2.24. The molecule has 0 bridgehead atoms. The summed E-state index contributed by atoms with van der Waals surface area (Å²) in [6, 6.07) is 5.34. The zero-order valence-electron chi connectivity index (χ0n) is 11.3. The van der Waals surface area contributed by atoms with E-state index in [1.807, 2.05) is 25.1 Å². The number of carbonyl (C=O) groups is 1. The van der Waals surface area contributed by atoms with Gasteiger partial charge in [-0.3, -0.25) is 9.78 Å². The number of nitrogens with two attached hydrogens (primary N) is 1. The number of aromatic nitrogens is 1. The van der Waals surface area contributed by atoms with Gasteiger partial charge >= 0.3 is 0 Å². The SMILES string of the molecule is CCCCC(N)C(=O)N(CC)Cc1ccccn1. The highest BCUT2D eigenvalue weighted by Crippen LogP contribution is 2.06. The predicted octanol–water partition coefficient (Wildman–Crippen LogP) is 1.95. The summed E-state index contributed by atoms with van der Waals surface area (Å²) in [7, 11) is 0. The second kappa shape index (κ2) is 7.82. The second-order valence-corrected chi connectivity index (χ2v) is 4.42. The quantitative estimate of drug-likeness (QED) is 0.803. The number of amides is 1. The van der Waals surface area contributed by atoms with Crippen LogP contribution in [0.2, 0.25) is 0 Å². The lowest BCUT2D eigenvalue weighted by Crippen LogP contribution is -2.43. The number of nitrogens with zero attached hydrogens (tertiary/aromatic N) is 2. The largest absolute Gasteiger partial charge is 0.336 e. The Hall–Kier alpha value is -1.42. The van der Waals surface area contributed by atoms with E-state index >= 15 is 0 Å². The van der Waals surface area contributed by atoms with Gasteiger partial charge in [0.05, 0.1) is 18.3 Å². The lowest BCUT2D eigenvalue weighted by molar-refractivity contribution is -0.133. The van der Waals surface area contributed by atoms with Crippen molar-refractivity contribution in [1.29, 1.82) is 0 Å². The predicted molar refractivity (Wildman–Crippen MR) is 72.8 cm³/mol. The van der Waals surface area contributed by atoms with Crippen LogP contribution >= 0.6 is 0 Å². The van der Waals surface area contributed by atoms with E-state index in [1.165, 1.54) is 0 Å². The van der Waals surface area contributed by atoms with Crippen LogP contribution < -0.4 is 5.73 Å². The number of carbonyl (C=O) groups excluding carboxylic acids is 1. The summed E-state index contributed by atoms with van der Waals surface area (Å²) in [5.74, 6) is 0.0246. The van der Waals surface area contributed by atoms with Crippen molar-refractivity contribution < 1.29 is 4.79 Å². The number of rotatable bonds is 7. The molecule has 0 aliphatic heterocycles. The molecule has 0 aliphatic carbocycles. The molecule has 1 heterocycles. The molecule has 4 heteroatoms. The van der Waals surface area contributed by atoms with E-state index in [-0.39, 0.29) is 11.9 Å². The maximum absolute atomic E-state index is 12.2. The van der Waals surface area contributed by atoms with Gasteiger partial charge in [-0.25, -0.2) is 0 Å². The van der Waals surface area contributed by atoms with Gasteiger partial charge in [0.15, 0.2) is 0 Å². The number of pyridine rings is 1. The molecular formula is C14H23N3O. The molecule has 1 atom stereocenters. The van der Waals surface area contributed by atoms with E-state index in [2.05, 4.69) is 11.9 Å². The van der Waals surface area contributed by atoms with Crippen LogP contribution in [0, 0.1) is 0 Å². The Balaban J connectivity index is 2.57. The van der Waals surface area contributed by atoms with Gasteiger partial charge in [-0.1, -0.05) is 25.8 Å². The minimum atomic E-state index is -0.381. The second-order valence-electron chi connectivity index (χ2n) is 4.42. The van der Waals surface area contributed by atoms with Crippen LogP contribution in [0.15, 0.2) is 24.4 Å². The van der Waals surface area contributed by atoms with E-state index in [4.69, 9.17) is 5.73 Å². The molecular weight excluding hydrogens is 226 g/mol. The van der Waals surface area contributed by atoms with Gasteiger partial charge in [-0.05, 0) is 25.5 Å². The third-order valence-corrected chi connectivity index (χ3v) is 2.96. The molecule has 0 radical (unpaired) electrons.